The summed E-state index contributed by atoms with van der Waals surface area (Å²) < 4.78 is 11.4. The summed E-state index contributed by atoms with van der Waals surface area (Å²) in [7, 11) is 0. The number of aliphatic hydroxyl groups is 6. The van der Waals surface area contributed by atoms with Gasteiger partial charge in [0.15, 0.2) is 5.78 Å². The molecular formula is C27H33NO10S. The first-order chi connectivity index (χ1) is 18.7. The third-order valence-corrected chi connectivity index (χ3v) is 8.35. The van der Waals surface area contributed by atoms with E-state index in [0.717, 1.165) is 11.8 Å². The van der Waals surface area contributed by atoms with Crippen molar-refractivity contribution in [3.63, 3.8) is 0 Å². The van der Waals surface area contributed by atoms with Gasteiger partial charge in [0.1, 0.15) is 35.3 Å². The Labute approximate surface area is 229 Å². The van der Waals surface area contributed by atoms with Gasteiger partial charge in [-0.2, -0.15) is 0 Å². The van der Waals surface area contributed by atoms with Crippen molar-refractivity contribution in [2.45, 2.75) is 60.0 Å². The van der Waals surface area contributed by atoms with Crippen LogP contribution >= 0.6 is 11.8 Å². The average molecular weight is 564 g/mol. The molecule has 0 spiro atoms. The van der Waals surface area contributed by atoms with Crippen LogP contribution in [0.15, 0.2) is 60.7 Å². The Morgan fingerprint density at radius 2 is 1.23 bits per heavy atom. The van der Waals surface area contributed by atoms with Crippen LogP contribution in [0.5, 0.6) is 0 Å². The van der Waals surface area contributed by atoms with E-state index in [1.807, 2.05) is 0 Å². The van der Waals surface area contributed by atoms with Crippen LogP contribution in [0, 0.1) is 5.92 Å². The Bertz CT molecular complexity index is 1010. The highest BCUT2D eigenvalue weighted by Crippen LogP contribution is 2.39. The number of carbonyl (C=O) groups is 2. The van der Waals surface area contributed by atoms with Gasteiger partial charge in [0.2, 0.25) is 0 Å². The van der Waals surface area contributed by atoms with Crippen molar-refractivity contribution in [2.24, 2.45) is 5.92 Å². The van der Waals surface area contributed by atoms with Crippen molar-refractivity contribution >= 4 is 23.5 Å². The van der Waals surface area contributed by atoms with Gasteiger partial charge in [-0.1, -0.05) is 60.3 Å². The molecule has 2 aliphatic heterocycles. The first-order valence-corrected chi connectivity index (χ1v) is 13.5. The van der Waals surface area contributed by atoms with E-state index in [4.69, 9.17) is 9.47 Å². The summed E-state index contributed by atoms with van der Waals surface area (Å²) in [5, 5.41) is 65.8. The Morgan fingerprint density at radius 3 is 1.79 bits per heavy atom. The van der Waals surface area contributed by atoms with Gasteiger partial charge in [0.05, 0.1) is 31.5 Å². The fourth-order valence-electron chi connectivity index (χ4n) is 4.80. The van der Waals surface area contributed by atoms with Crippen molar-refractivity contribution in [1.29, 1.82) is 0 Å². The SMILES string of the molecule is O=C(C[C@@H]1C(O)[C@H](S[C@@H]2O[C@H](CO)C(O)C(NC(=O)c3ccccc3)[C@H]2O)OC(CO)[C@@H]1O)c1ccccc1. The summed E-state index contributed by atoms with van der Waals surface area (Å²) in [6, 6.07) is 15.3. The predicted octanol–water partition coefficient (Wildman–Crippen LogP) is -0.715. The number of hydrogen-bond donors (Lipinski definition) is 7. The normalized spacial score (nSPS) is 34.8. The molecule has 2 heterocycles. The fourth-order valence-corrected chi connectivity index (χ4v) is 6.17. The van der Waals surface area contributed by atoms with Crippen LogP contribution in [0.4, 0.5) is 0 Å². The third-order valence-electron chi connectivity index (χ3n) is 7.03. The van der Waals surface area contributed by atoms with Gasteiger partial charge >= 0.3 is 0 Å². The summed E-state index contributed by atoms with van der Waals surface area (Å²) in [5.74, 6) is -1.88. The molecule has 7 N–H and O–H groups in total. The summed E-state index contributed by atoms with van der Waals surface area (Å²) >= 11 is 0.802. The van der Waals surface area contributed by atoms with Gasteiger partial charge in [-0.05, 0) is 12.1 Å². The summed E-state index contributed by atoms with van der Waals surface area (Å²) in [4.78, 5) is 25.6. The molecule has 39 heavy (non-hydrogen) atoms. The number of thioether (sulfide) groups is 1. The number of carbonyl (C=O) groups excluding carboxylic acids is 2. The summed E-state index contributed by atoms with van der Waals surface area (Å²) in [6.45, 7) is -1.22. The minimum Gasteiger partial charge on any atom is -0.394 e. The molecule has 0 aliphatic carbocycles. The van der Waals surface area contributed by atoms with E-state index in [1.165, 1.54) is 0 Å². The monoisotopic (exact) mass is 563 g/mol. The van der Waals surface area contributed by atoms with Gasteiger partial charge in [-0.3, -0.25) is 9.59 Å². The zero-order chi connectivity index (χ0) is 28.1. The van der Waals surface area contributed by atoms with Crippen molar-refractivity contribution < 1.29 is 49.7 Å². The average Bonchev–Trinajstić information content (AvgIpc) is 2.96. The highest BCUT2D eigenvalue weighted by Gasteiger charge is 2.50. The molecule has 1 amide bonds. The van der Waals surface area contributed by atoms with E-state index in [1.54, 1.807) is 60.7 Å². The smallest absolute Gasteiger partial charge is 0.251 e. The second-order valence-corrected chi connectivity index (χ2v) is 10.8. The number of amides is 1. The molecule has 2 aliphatic rings. The molecule has 212 valence electrons. The number of Topliss-reactive ketones (excluding diaryl/α,β-unsaturated/α-hetero) is 1. The van der Waals surface area contributed by atoms with Crippen LogP contribution in [-0.4, -0.2) is 109 Å². The van der Waals surface area contributed by atoms with E-state index in [0.29, 0.717) is 11.1 Å². The van der Waals surface area contributed by atoms with E-state index in [9.17, 15) is 40.2 Å². The quantitative estimate of drug-likeness (QED) is 0.191. The van der Waals surface area contributed by atoms with Gasteiger partial charge in [-0.25, -0.2) is 0 Å². The first-order valence-electron chi connectivity index (χ1n) is 12.6. The van der Waals surface area contributed by atoms with E-state index in [2.05, 4.69) is 5.32 Å². The Balaban J connectivity index is 1.51. The number of hydrogen-bond acceptors (Lipinski definition) is 11. The lowest BCUT2D eigenvalue weighted by Crippen LogP contribution is -2.64. The van der Waals surface area contributed by atoms with Crippen LogP contribution in [-0.2, 0) is 9.47 Å². The fraction of sp³-hybridized carbons (Fsp3) is 0.481. The summed E-state index contributed by atoms with van der Waals surface area (Å²) in [6.07, 6.45) is -8.25. The van der Waals surface area contributed by atoms with E-state index in [-0.39, 0.29) is 12.2 Å². The van der Waals surface area contributed by atoms with Gasteiger partial charge in [-0.15, -0.1) is 0 Å². The van der Waals surface area contributed by atoms with Crippen LogP contribution in [0.25, 0.3) is 0 Å². The van der Waals surface area contributed by atoms with Crippen molar-refractivity contribution in [2.75, 3.05) is 13.2 Å². The van der Waals surface area contributed by atoms with Crippen LogP contribution in [0.3, 0.4) is 0 Å². The van der Waals surface area contributed by atoms with Crippen molar-refractivity contribution in [3.8, 4) is 0 Å². The molecule has 4 unspecified atom stereocenters. The Hall–Kier alpha value is -2.39. The van der Waals surface area contributed by atoms with E-state index >= 15 is 0 Å². The number of nitrogens with one attached hydrogen (secondary N) is 1. The van der Waals surface area contributed by atoms with E-state index < -0.39 is 78.6 Å². The molecule has 0 bridgehead atoms. The van der Waals surface area contributed by atoms with Gasteiger partial charge in [0, 0.05) is 23.5 Å². The molecule has 0 radical (unpaired) electrons. The Kier molecular flexibility index (Phi) is 10.1. The molecule has 0 aromatic heterocycles. The second kappa shape index (κ2) is 13.3. The highest BCUT2D eigenvalue weighted by molar-refractivity contribution is 8.00. The zero-order valence-corrected chi connectivity index (χ0v) is 21.7. The number of ketones is 1. The topological polar surface area (TPSA) is 186 Å². The lowest BCUT2D eigenvalue weighted by Gasteiger charge is -2.46. The van der Waals surface area contributed by atoms with Gasteiger partial charge < -0.3 is 45.4 Å². The maximum Gasteiger partial charge on any atom is 0.251 e. The number of ether oxygens (including phenoxy) is 2. The molecule has 12 heteroatoms. The minimum absolute atomic E-state index is 0.231. The number of rotatable bonds is 9. The lowest BCUT2D eigenvalue weighted by atomic mass is 9.84. The maximum absolute atomic E-state index is 12.8. The highest BCUT2D eigenvalue weighted by atomic mass is 32.2. The second-order valence-electron chi connectivity index (χ2n) is 9.57. The lowest BCUT2D eigenvalue weighted by molar-refractivity contribution is -0.186. The van der Waals surface area contributed by atoms with Crippen LogP contribution in [0.1, 0.15) is 27.1 Å². The molecule has 11 nitrogen and oxygen atoms in total. The molecule has 2 fully saturated rings. The maximum atomic E-state index is 12.8. The van der Waals surface area contributed by atoms with Crippen molar-refractivity contribution in [3.05, 3.63) is 71.8 Å². The third kappa shape index (κ3) is 6.68. The predicted molar refractivity (Wildman–Crippen MR) is 140 cm³/mol. The zero-order valence-electron chi connectivity index (χ0n) is 20.9. The molecule has 10 atom stereocenters. The Morgan fingerprint density at radius 1 is 0.718 bits per heavy atom. The van der Waals surface area contributed by atoms with Crippen LogP contribution in [0.2, 0.25) is 0 Å². The van der Waals surface area contributed by atoms with Gasteiger partial charge in [0.25, 0.3) is 5.91 Å². The van der Waals surface area contributed by atoms with Crippen molar-refractivity contribution in [1.82, 2.24) is 5.32 Å². The molecule has 4 rings (SSSR count). The number of aliphatic hydroxyl groups excluding tert-OH is 6. The first kappa shape index (κ1) is 29.6. The molecular weight excluding hydrogens is 530 g/mol. The molecule has 2 saturated heterocycles. The standard InChI is InChI=1S/C27H33NO10S/c29-12-18-21(32)16(11-17(31)14-7-3-1-4-8-14)22(33)26(37-18)39-27-24(35)20(23(34)19(13-30)38-27)28-25(36)15-9-5-2-6-10-15/h1-10,16,18-24,26-27,29-30,32-35H,11-13H2,(H,28,36)/t16-,18?,19+,20?,21+,22?,23?,24+,26-,27-/m0/s1. The summed E-state index contributed by atoms with van der Waals surface area (Å²) in [5.41, 5.74) is -1.67. The largest absolute Gasteiger partial charge is 0.394 e. The molecule has 0 saturated carbocycles. The number of benzene rings is 2. The van der Waals surface area contributed by atoms with Crippen LogP contribution < -0.4 is 5.32 Å². The molecule has 2 aromatic rings. The molecule has 2 aromatic carbocycles. The minimum atomic E-state index is -1.50.